The molecule has 1 aliphatic heterocycles. The van der Waals surface area contributed by atoms with Crippen LogP contribution in [0, 0.1) is 5.41 Å². The van der Waals surface area contributed by atoms with Gasteiger partial charge < -0.3 is 19.9 Å². The van der Waals surface area contributed by atoms with Gasteiger partial charge in [-0.2, -0.15) is 0 Å². The second-order valence-electron chi connectivity index (χ2n) is 8.89. The fourth-order valence-electron chi connectivity index (χ4n) is 3.69. The van der Waals surface area contributed by atoms with E-state index in [1.54, 1.807) is 0 Å². The average Bonchev–Trinajstić information content (AvgIpc) is 2.58. The molecule has 0 aromatic heterocycles. The summed E-state index contributed by atoms with van der Waals surface area (Å²) in [7, 11) is 0. The average molecular weight is 370 g/mol. The molecule has 2 aliphatic rings. The molecule has 0 radical (unpaired) electrons. The van der Waals surface area contributed by atoms with Gasteiger partial charge in [-0.15, -0.1) is 0 Å². The zero-order chi connectivity index (χ0) is 19.4. The van der Waals surface area contributed by atoms with Gasteiger partial charge in [-0.1, -0.05) is 33.1 Å². The van der Waals surface area contributed by atoms with E-state index >= 15 is 0 Å². The van der Waals surface area contributed by atoms with Gasteiger partial charge in [0.1, 0.15) is 12.2 Å². The van der Waals surface area contributed by atoms with E-state index in [4.69, 9.17) is 9.47 Å². The zero-order valence-electron chi connectivity index (χ0n) is 16.7. The maximum absolute atomic E-state index is 12.6. The molecule has 0 spiro atoms. The molecule has 1 amide bonds. The largest absolute Gasteiger partial charge is 0.383 e. The summed E-state index contributed by atoms with van der Waals surface area (Å²) in [5.41, 5.74) is -0.385. The first-order valence-corrected chi connectivity index (χ1v) is 9.94. The highest BCUT2D eigenvalue weighted by Crippen LogP contribution is 2.36. The van der Waals surface area contributed by atoms with Gasteiger partial charge in [0.05, 0.1) is 6.61 Å². The number of nitrogens with one attached hydrogen (secondary N) is 1. The van der Waals surface area contributed by atoms with Gasteiger partial charge in [0, 0.05) is 17.9 Å². The molecular weight excluding hydrogens is 334 g/mol. The van der Waals surface area contributed by atoms with Gasteiger partial charge in [0.2, 0.25) is 5.91 Å². The maximum Gasteiger partial charge on any atom is 0.249 e. The maximum atomic E-state index is 12.6. The first-order chi connectivity index (χ1) is 12.1. The van der Waals surface area contributed by atoms with E-state index in [-0.39, 0.29) is 36.0 Å². The Morgan fingerprint density at radius 3 is 2.46 bits per heavy atom. The number of amides is 1. The van der Waals surface area contributed by atoms with Crippen molar-refractivity contribution in [2.24, 2.45) is 5.41 Å². The minimum absolute atomic E-state index is 0.00580. The second-order valence-corrected chi connectivity index (χ2v) is 8.89. The molecule has 2 rings (SSSR count). The van der Waals surface area contributed by atoms with Crippen molar-refractivity contribution in [1.82, 2.24) is 5.32 Å². The third-order valence-electron chi connectivity index (χ3n) is 5.35. The van der Waals surface area contributed by atoms with Gasteiger partial charge in [-0.3, -0.25) is 9.59 Å². The van der Waals surface area contributed by atoms with Crippen molar-refractivity contribution in [2.45, 2.75) is 103 Å². The van der Waals surface area contributed by atoms with Crippen LogP contribution in [0.4, 0.5) is 0 Å². The van der Waals surface area contributed by atoms with Crippen LogP contribution in [0.3, 0.4) is 0 Å². The van der Waals surface area contributed by atoms with E-state index in [0.717, 1.165) is 25.7 Å². The molecule has 2 fully saturated rings. The van der Waals surface area contributed by atoms with Crippen LogP contribution in [0.5, 0.6) is 0 Å². The minimum atomic E-state index is -1.05. The van der Waals surface area contributed by atoms with Crippen LogP contribution in [-0.4, -0.2) is 47.4 Å². The van der Waals surface area contributed by atoms with E-state index in [1.165, 1.54) is 6.42 Å². The number of Topliss-reactive ketones (excluding diaryl/α,β-unsaturated/α-hetero) is 1. The predicted molar refractivity (Wildman–Crippen MR) is 98.6 cm³/mol. The third kappa shape index (κ3) is 6.03. The van der Waals surface area contributed by atoms with Crippen LogP contribution < -0.4 is 5.32 Å². The van der Waals surface area contributed by atoms with Crippen LogP contribution in [0.25, 0.3) is 0 Å². The zero-order valence-corrected chi connectivity index (χ0v) is 16.7. The number of carbonyl (C=O) groups excluding carboxylic acids is 2. The standard InChI is InChI=1S/C20H35NO5/c1-19(2)13-25-20(3,4)26-17(19)15(22)11-8-12-16(23)18(24)21-14-9-6-5-7-10-14/h14,16-17,23H,5-13H2,1-4H3,(H,21,24)/t16?,17-/m0/s1. The van der Waals surface area contributed by atoms with Gasteiger partial charge in [0.15, 0.2) is 11.6 Å². The molecule has 1 saturated carbocycles. The van der Waals surface area contributed by atoms with Crippen LogP contribution in [0.2, 0.25) is 0 Å². The summed E-state index contributed by atoms with van der Waals surface area (Å²) >= 11 is 0. The van der Waals surface area contributed by atoms with Crippen LogP contribution >= 0.6 is 0 Å². The second kappa shape index (κ2) is 8.81. The third-order valence-corrected chi connectivity index (χ3v) is 5.35. The lowest BCUT2D eigenvalue weighted by Crippen LogP contribution is -2.53. The smallest absolute Gasteiger partial charge is 0.249 e. The van der Waals surface area contributed by atoms with Crippen molar-refractivity contribution in [2.75, 3.05) is 6.61 Å². The number of rotatable bonds is 7. The van der Waals surface area contributed by atoms with Crippen molar-refractivity contribution in [3.05, 3.63) is 0 Å². The highest BCUT2D eigenvalue weighted by molar-refractivity contribution is 5.84. The van der Waals surface area contributed by atoms with Crippen LogP contribution in [0.1, 0.15) is 79.1 Å². The molecule has 0 aromatic carbocycles. The monoisotopic (exact) mass is 369 g/mol. The van der Waals surface area contributed by atoms with Gasteiger partial charge in [0.25, 0.3) is 0 Å². The molecule has 0 bridgehead atoms. The SMILES string of the molecule is CC1(C)OCC(C)(C)[C@H](C(=O)CCCC(O)C(=O)NC2CCCCC2)O1. The van der Waals surface area contributed by atoms with E-state index in [2.05, 4.69) is 5.32 Å². The number of hydrogen-bond donors (Lipinski definition) is 2. The Bertz CT molecular complexity index is 496. The molecular formula is C20H35NO5. The predicted octanol–water partition coefficient (Wildman–Crippen LogP) is 2.71. The Labute approximate surface area is 157 Å². The molecule has 1 saturated heterocycles. The summed E-state index contributed by atoms with van der Waals surface area (Å²) in [5.74, 6) is -1.07. The Balaban J connectivity index is 1.75. The number of hydrogen-bond acceptors (Lipinski definition) is 5. The van der Waals surface area contributed by atoms with Gasteiger partial charge in [-0.25, -0.2) is 0 Å². The molecule has 2 N–H and O–H groups in total. The number of ketones is 1. The first-order valence-electron chi connectivity index (χ1n) is 9.94. The Morgan fingerprint density at radius 1 is 1.15 bits per heavy atom. The quantitative estimate of drug-likeness (QED) is 0.721. The summed E-state index contributed by atoms with van der Waals surface area (Å²) in [6.07, 6.45) is 4.93. The Kier molecular flexibility index (Phi) is 7.22. The summed E-state index contributed by atoms with van der Waals surface area (Å²) in [5, 5.41) is 13.0. The molecule has 6 heteroatoms. The minimum Gasteiger partial charge on any atom is -0.383 e. The molecule has 1 heterocycles. The molecule has 1 aliphatic carbocycles. The lowest BCUT2D eigenvalue weighted by Gasteiger charge is -2.45. The van der Waals surface area contributed by atoms with Crippen molar-refractivity contribution >= 4 is 11.7 Å². The van der Waals surface area contributed by atoms with Crippen molar-refractivity contribution in [1.29, 1.82) is 0 Å². The van der Waals surface area contributed by atoms with E-state index < -0.39 is 18.0 Å². The normalized spacial score (nSPS) is 26.9. The van der Waals surface area contributed by atoms with E-state index in [1.807, 2.05) is 27.7 Å². The fraction of sp³-hybridized carbons (Fsp3) is 0.900. The van der Waals surface area contributed by atoms with Crippen molar-refractivity contribution in [3.8, 4) is 0 Å². The molecule has 150 valence electrons. The summed E-state index contributed by atoms with van der Waals surface area (Å²) in [6.45, 7) is 7.99. The highest BCUT2D eigenvalue weighted by Gasteiger charge is 2.45. The molecule has 6 nitrogen and oxygen atoms in total. The summed E-state index contributed by atoms with van der Waals surface area (Å²) in [6, 6.07) is 0.186. The summed E-state index contributed by atoms with van der Waals surface area (Å²) in [4.78, 5) is 24.7. The van der Waals surface area contributed by atoms with E-state index in [0.29, 0.717) is 13.0 Å². The van der Waals surface area contributed by atoms with Crippen molar-refractivity contribution < 1.29 is 24.2 Å². The van der Waals surface area contributed by atoms with E-state index in [9.17, 15) is 14.7 Å². The first kappa shape index (κ1) is 21.3. The molecule has 26 heavy (non-hydrogen) atoms. The van der Waals surface area contributed by atoms with Crippen molar-refractivity contribution in [3.63, 3.8) is 0 Å². The highest BCUT2D eigenvalue weighted by atomic mass is 16.7. The fourth-order valence-corrected chi connectivity index (χ4v) is 3.69. The topological polar surface area (TPSA) is 84.9 Å². The number of carbonyl (C=O) groups is 2. The number of aliphatic hydroxyl groups excluding tert-OH is 1. The van der Waals surface area contributed by atoms with Crippen LogP contribution in [0.15, 0.2) is 0 Å². The van der Waals surface area contributed by atoms with Gasteiger partial charge >= 0.3 is 0 Å². The number of aliphatic hydroxyl groups is 1. The molecule has 2 atom stereocenters. The lowest BCUT2D eigenvalue weighted by molar-refractivity contribution is -0.303. The molecule has 0 aromatic rings. The molecule has 1 unspecified atom stereocenters. The lowest BCUT2D eigenvalue weighted by atomic mass is 9.82. The Hall–Kier alpha value is -0.980. The Morgan fingerprint density at radius 2 is 1.81 bits per heavy atom. The summed E-state index contributed by atoms with van der Waals surface area (Å²) < 4.78 is 11.5. The van der Waals surface area contributed by atoms with Crippen LogP contribution in [-0.2, 0) is 19.1 Å². The number of ether oxygens (including phenoxy) is 2. The van der Waals surface area contributed by atoms with Gasteiger partial charge in [-0.05, 0) is 39.5 Å².